The number of hydrogen-bond donors (Lipinski definition) is 1. The number of Topliss-reactive ketones (excluding diaryl/α,β-unsaturated/α-hetero) is 1. The van der Waals surface area contributed by atoms with Crippen molar-refractivity contribution in [1.82, 2.24) is 0 Å². The van der Waals surface area contributed by atoms with Crippen LogP contribution in [0.3, 0.4) is 0 Å². The van der Waals surface area contributed by atoms with Crippen molar-refractivity contribution in [3.05, 3.63) is 59.7 Å². The number of ether oxygens (including phenoxy) is 1. The summed E-state index contributed by atoms with van der Waals surface area (Å²) in [4.78, 5) is 23.8. The molecule has 0 atom stereocenters. The number of phenolic OH excluding ortho intramolecular Hbond substituents is 1. The first-order valence-electron chi connectivity index (χ1n) is 6.26. The van der Waals surface area contributed by atoms with Crippen molar-refractivity contribution in [1.29, 1.82) is 0 Å². The molecule has 2 rings (SSSR count). The van der Waals surface area contributed by atoms with Crippen LogP contribution in [0.2, 0.25) is 0 Å². The molecule has 0 aliphatic carbocycles. The zero-order chi connectivity index (χ0) is 14.5. The van der Waals surface area contributed by atoms with Gasteiger partial charge in [-0.3, -0.25) is 4.79 Å². The molecule has 1 N–H and O–H groups in total. The Morgan fingerprint density at radius 1 is 1.00 bits per heavy atom. The second-order valence-electron chi connectivity index (χ2n) is 4.18. The highest BCUT2D eigenvalue weighted by molar-refractivity contribution is 6.00. The zero-order valence-corrected chi connectivity index (χ0v) is 11.0. The van der Waals surface area contributed by atoms with Gasteiger partial charge >= 0.3 is 5.97 Å². The van der Waals surface area contributed by atoms with E-state index in [1.807, 2.05) is 0 Å². The maximum atomic E-state index is 12.0. The molecular weight excluding hydrogens is 256 g/mol. The Balaban J connectivity index is 2.29. The molecule has 102 valence electrons. The van der Waals surface area contributed by atoms with E-state index in [2.05, 4.69) is 0 Å². The number of carbonyl (C=O) groups excluding carboxylic acids is 2. The maximum Gasteiger partial charge on any atom is 0.347 e. The van der Waals surface area contributed by atoms with Gasteiger partial charge in [0.15, 0.2) is 5.78 Å². The molecule has 2 aromatic rings. The summed E-state index contributed by atoms with van der Waals surface area (Å²) < 4.78 is 5.22. The molecule has 0 saturated heterocycles. The first-order chi connectivity index (χ1) is 9.63. The van der Waals surface area contributed by atoms with Crippen molar-refractivity contribution in [3.8, 4) is 11.5 Å². The minimum absolute atomic E-state index is 0.0613. The molecule has 0 aliphatic rings. The summed E-state index contributed by atoms with van der Waals surface area (Å²) in [6, 6.07) is 12.7. The summed E-state index contributed by atoms with van der Waals surface area (Å²) in [6.45, 7) is 1.74. The normalized spacial score (nSPS) is 10.1. The van der Waals surface area contributed by atoms with Crippen LogP contribution in [-0.2, 0) is 0 Å². The Hall–Kier alpha value is -2.62. The first kappa shape index (κ1) is 13.8. The number of para-hydroxylation sites is 2. The molecule has 4 heteroatoms. The summed E-state index contributed by atoms with van der Waals surface area (Å²) in [5, 5.41) is 9.62. The van der Waals surface area contributed by atoms with Crippen LogP contribution in [0.4, 0.5) is 0 Å². The lowest BCUT2D eigenvalue weighted by Crippen LogP contribution is -2.11. The van der Waals surface area contributed by atoms with Gasteiger partial charge in [-0.1, -0.05) is 31.2 Å². The number of phenols is 1. The summed E-state index contributed by atoms with van der Waals surface area (Å²) in [5.41, 5.74) is 0.421. The summed E-state index contributed by atoms with van der Waals surface area (Å²) in [5.74, 6) is -0.755. The van der Waals surface area contributed by atoms with E-state index in [0.29, 0.717) is 12.0 Å². The second kappa shape index (κ2) is 6.02. The Morgan fingerprint density at radius 2 is 1.60 bits per heavy atom. The second-order valence-corrected chi connectivity index (χ2v) is 4.18. The molecule has 0 aliphatic heterocycles. The van der Waals surface area contributed by atoms with E-state index < -0.39 is 5.97 Å². The minimum atomic E-state index is -0.695. The largest absolute Gasteiger partial charge is 0.507 e. The van der Waals surface area contributed by atoms with E-state index in [0.717, 1.165) is 0 Å². The molecular formula is C16H14O4. The average molecular weight is 270 g/mol. The lowest BCUT2D eigenvalue weighted by Gasteiger charge is -2.09. The van der Waals surface area contributed by atoms with Gasteiger partial charge in [-0.2, -0.15) is 0 Å². The molecule has 0 heterocycles. The Labute approximate surface area is 116 Å². The van der Waals surface area contributed by atoms with E-state index in [1.54, 1.807) is 43.3 Å². The first-order valence-corrected chi connectivity index (χ1v) is 6.26. The third-order valence-electron chi connectivity index (χ3n) is 2.84. The molecule has 0 fully saturated rings. The quantitative estimate of drug-likeness (QED) is 0.526. The smallest absolute Gasteiger partial charge is 0.347 e. The number of hydrogen-bond acceptors (Lipinski definition) is 4. The van der Waals surface area contributed by atoms with Crippen molar-refractivity contribution in [2.75, 3.05) is 0 Å². The zero-order valence-electron chi connectivity index (χ0n) is 11.0. The van der Waals surface area contributed by atoms with Crippen molar-refractivity contribution in [2.45, 2.75) is 13.3 Å². The fourth-order valence-corrected chi connectivity index (χ4v) is 1.78. The average Bonchev–Trinajstić information content (AvgIpc) is 2.47. The minimum Gasteiger partial charge on any atom is -0.507 e. The standard InChI is InChI=1S/C16H14O4/c1-2-13(17)11-7-4-6-10-15(11)20-16(19)12-8-3-5-9-14(12)18/h3-10,18H,2H2,1H3. The van der Waals surface area contributed by atoms with Gasteiger partial charge in [-0.15, -0.1) is 0 Å². The number of carbonyl (C=O) groups is 2. The molecule has 0 aromatic heterocycles. The molecule has 0 spiro atoms. The maximum absolute atomic E-state index is 12.0. The molecule has 0 saturated carbocycles. The SMILES string of the molecule is CCC(=O)c1ccccc1OC(=O)c1ccccc1O. The van der Waals surface area contributed by atoms with Crippen molar-refractivity contribution < 1.29 is 19.4 Å². The van der Waals surface area contributed by atoms with Crippen molar-refractivity contribution in [2.24, 2.45) is 0 Å². The van der Waals surface area contributed by atoms with Crippen LogP contribution >= 0.6 is 0 Å². The highest BCUT2D eigenvalue weighted by Crippen LogP contribution is 2.23. The summed E-state index contributed by atoms with van der Waals surface area (Å²) in [7, 11) is 0. The Morgan fingerprint density at radius 3 is 2.25 bits per heavy atom. The van der Waals surface area contributed by atoms with Crippen molar-refractivity contribution in [3.63, 3.8) is 0 Å². The van der Waals surface area contributed by atoms with Crippen LogP contribution < -0.4 is 4.74 Å². The van der Waals surface area contributed by atoms with Crippen LogP contribution in [0.5, 0.6) is 11.5 Å². The van der Waals surface area contributed by atoms with Gasteiger partial charge < -0.3 is 9.84 Å². The highest BCUT2D eigenvalue weighted by Gasteiger charge is 2.16. The van der Waals surface area contributed by atoms with E-state index in [9.17, 15) is 14.7 Å². The van der Waals surface area contributed by atoms with Crippen molar-refractivity contribution >= 4 is 11.8 Å². The number of rotatable bonds is 4. The Bertz CT molecular complexity index is 646. The topological polar surface area (TPSA) is 63.6 Å². The Kier molecular flexibility index (Phi) is 4.15. The lowest BCUT2D eigenvalue weighted by molar-refractivity contribution is 0.0729. The van der Waals surface area contributed by atoms with Crippen LogP contribution in [-0.4, -0.2) is 16.9 Å². The van der Waals surface area contributed by atoms with Gasteiger partial charge in [0.2, 0.25) is 0 Å². The van der Waals surface area contributed by atoms with Gasteiger partial charge in [0.1, 0.15) is 17.1 Å². The fraction of sp³-hybridized carbons (Fsp3) is 0.125. The third-order valence-corrected chi connectivity index (χ3v) is 2.84. The highest BCUT2D eigenvalue weighted by atomic mass is 16.5. The molecule has 20 heavy (non-hydrogen) atoms. The number of ketones is 1. The van der Waals surface area contributed by atoms with Crippen LogP contribution in [0.1, 0.15) is 34.1 Å². The molecule has 0 amide bonds. The van der Waals surface area contributed by atoms with Gasteiger partial charge in [-0.05, 0) is 24.3 Å². The van der Waals surface area contributed by atoms with Gasteiger partial charge in [0.25, 0.3) is 0 Å². The predicted octanol–water partition coefficient (Wildman–Crippen LogP) is 3.20. The van der Waals surface area contributed by atoms with Gasteiger partial charge in [-0.25, -0.2) is 4.79 Å². The molecule has 2 aromatic carbocycles. The van der Waals surface area contributed by atoms with Crippen LogP contribution in [0, 0.1) is 0 Å². The van der Waals surface area contributed by atoms with Gasteiger partial charge in [0.05, 0.1) is 5.56 Å². The lowest BCUT2D eigenvalue weighted by atomic mass is 10.1. The van der Waals surface area contributed by atoms with Gasteiger partial charge in [0, 0.05) is 6.42 Å². The summed E-state index contributed by atoms with van der Waals surface area (Å²) >= 11 is 0. The van der Waals surface area contributed by atoms with Crippen LogP contribution in [0.15, 0.2) is 48.5 Å². The number of aromatic hydroxyl groups is 1. The van der Waals surface area contributed by atoms with E-state index in [-0.39, 0.29) is 22.8 Å². The predicted molar refractivity (Wildman–Crippen MR) is 74.1 cm³/mol. The number of benzene rings is 2. The van der Waals surface area contributed by atoms with E-state index in [4.69, 9.17) is 4.74 Å². The summed E-state index contributed by atoms with van der Waals surface area (Å²) in [6.07, 6.45) is 0.325. The van der Waals surface area contributed by atoms with Crippen LogP contribution in [0.25, 0.3) is 0 Å². The monoisotopic (exact) mass is 270 g/mol. The number of esters is 1. The molecule has 0 radical (unpaired) electrons. The fourth-order valence-electron chi connectivity index (χ4n) is 1.78. The van der Waals surface area contributed by atoms with E-state index >= 15 is 0 Å². The third kappa shape index (κ3) is 2.85. The molecule has 0 unspecified atom stereocenters. The molecule has 4 nitrogen and oxygen atoms in total. The van der Waals surface area contributed by atoms with E-state index in [1.165, 1.54) is 12.1 Å². The molecule has 0 bridgehead atoms.